The fraction of sp³-hybridized carbons (Fsp3) is 0.304. The van der Waals surface area contributed by atoms with Crippen molar-refractivity contribution in [3.8, 4) is 11.5 Å². The first-order chi connectivity index (χ1) is 14.5. The first-order valence-corrected chi connectivity index (χ1v) is 9.73. The number of fused-ring (bicyclic) bond motifs is 1. The van der Waals surface area contributed by atoms with Crippen LogP contribution in [0.25, 0.3) is 10.9 Å². The number of esters is 1. The second-order valence-corrected chi connectivity index (χ2v) is 7.90. The highest BCUT2D eigenvalue weighted by molar-refractivity contribution is 6.06. The Hall–Kier alpha value is -3.29. The lowest BCUT2D eigenvalue weighted by Gasteiger charge is -2.26. The Balaban J connectivity index is 2.28. The fourth-order valence-corrected chi connectivity index (χ4v) is 3.04. The van der Waals surface area contributed by atoms with Crippen molar-refractivity contribution in [3.63, 3.8) is 0 Å². The van der Waals surface area contributed by atoms with Crippen LogP contribution >= 0.6 is 0 Å². The van der Waals surface area contributed by atoms with Crippen molar-refractivity contribution in [1.29, 1.82) is 0 Å². The van der Waals surface area contributed by atoms with E-state index in [-0.39, 0.29) is 17.8 Å². The van der Waals surface area contributed by atoms with E-state index in [1.54, 1.807) is 51.1 Å². The first kappa shape index (κ1) is 22.4. The number of hydrogen-bond acceptors (Lipinski definition) is 5. The van der Waals surface area contributed by atoms with Crippen molar-refractivity contribution in [2.24, 2.45) is 0 Å². The molecule has 0 fully saturated rings. The predicted molar refractivity (Wildman–Crippen MR) is 113 cm³/mol. The van der Waals surface area contributed by atoms with Crippen LogP contribution in [0.15, 0.2) is 48.5 Å². The Labute approximate surface area is 178 Å². The van der Waals surface area contributed by atoms with E-state index < -0.39 is 28.9 Å². The third kappa shape index (κ3) is 5.25. The van der Waals surface area contributed by atoms with Gasteiger partial charge in [0.05, 0.1) is 17.8 Å². The number of ether oxygens (including phenoxy) is 2. The zero-order chi connectivity index (χ0) is 22.8. The van der Waals surface area contributed by atoms with Gasteiger partial charge in [0, 0.05) is 10.9 Å². The number of pyridine rings is 1. The molecule has 1 heterocycles. The lowest BCUT2D eigenvalue weighted by Crippen LogP contribution is -2.29. The molecule has 0 aliphatic carbocycles. The molecule has 0 bridgehead atoms. The third-order valence-electron chi connectivity index (χ3n) is 4.18. The van der Waals surface area contributed by atoms with Crippen molar-refractivity contribution in [2.45, 2.75) is 39.4 Å². The van der Waals surface area contributed by atoms with E-state index in [1.807, 2.05) is 6.07 Å². The van der Waals surface area contributed by atoms with E-state index in [0.29, 0.717) is 16.9 Å². The summed E-state index contributed by atoms with van der Waals surface area (Å²) in [6.45, 7) is 6.81. The van der Waals surface area contributed by atoms with E-state index >= 15 is 0 Å². The van der Waals surface area contributed by atoms with E-state index in [9.17, 15) is 18.0 Å². The lowest BCUT2D eigenvalue weighted by molar-refractivity contribution is -0.141. The second-order valence-electron chi connectivity index (χ2n) is 7.90. The van der Waals surface area contributed by atoms with Gasteiger partial charge in [-0.2, -0.15) is 13.2 Å². The van der Waals surface area contributed by atoms with Gasteiger partial charge in [0.1, 0.15) is 17.1 Å². The van der Waals surface area contributed by atoms with Crippen LogP contribution in [-0.4, -0.2) is 23.1 Å². The molecule has 0 atom stereocenters. The van der Waals surface area contributed by atoms with Gasteiger partial charge in [0.25, 0.3) is 0 Å². The maximum atomic E-state index is 13.8. The zero-order valence-electron chi connectivity index (χ0n) is 17.6. The Morgan fingerprint density at radius 2 is 1.71 bits per heavy atom. The summed E-state index contributed by atoms with van der Waals surface area (Å²) in [7, 11) is 0. The topological polar surface area (TPSA) is 60.5 Å². The number of nitrogens with one attached hydrogen (secondary N) is 1. The Bertz CT molecular complexity index is 1090. The molecule has 0 aliphatic rings. The van der Waals surface area contributed by atoms with E-state index in [0.717, 1.165) is 0 Å². The molecule has 164 valence electrons. The quantitative estimate of drug-likeness (QED) is 0.471. The van der Waals surface area contributed by atoms with Crippen LogP contribution < -0.4 is 10.1 Å². The molecular weight excluding hydrogens is 409 g/mol. The van der Waals surface area contributed by atoms with E-state index in [4.69, 9.17) is 9.47 Å². The minimum absolute atomic E-state index is 0.00165. The molecular formula is C23H23F3N2O3. The summed E-state index contributed by atoms with van der Waals surface area (Å²) in [6.07, 6.45) is -4.84. The van der Waals surface area contributed by atoms with Crippen molar-refractivity contribution in [2.75, 3.05) is 11.9 Å². The average molecular weight is 432 g/mol. The molecule has 1 aromatic heterocycles. The molecule has 0 saturated heterocycles. The third-order valence-corrected chi connectivity index (χ3v) is 4.18. The molecule has 5 nitrogen and oxygen atoms in total. The number of anilines is 1. The molecule has 0 amide bonds. The number of hydrogen-bond donors (Lipinski definition) is 1. The Kier molecular flexibility index (Phi) is 6.10. The largest absolute Gasteiger partial charge is 0.462 e. The normalized spacial score (nSPS) is 12.0. The minimum atomic E-state index is -4.84. The van der Waals surface area contributed by atoms with Gasteiger partial charge in [0.2, 0.25) is 0 Å². The van der Waals surface area contributed by atoms with Gasteiger partial charge in [-0.15, -0.1) is 0 Å². The highest BCUT2D eigenvalue weighted by Crippen LogP contribution is 2.40. The molecule has 31 heavy (non-hydrogen) atoms. The number of aromatic nitrogens is 1. The van der Waals surface area contributed by atoms with Crippen LogP contribution in [0.5, 0.6) is 11.5 Å². The molecule has 0 spiro atoms. The summed E-state index contributed by atoms with van der Waals surface area (Å²) in [6, 6.07) is 13.5. The van der Waals surface area contributed by atoms with Crippen LogP contribution in [0.1, 0.15) is 43.7 Å². The monoisotopic (exact) mass is 432 g/mol. The first-order valence-electron chi connectivity index (χ1n) is 9.73. The lowest BCUT2D eigenvalue weighted by atomic mass is 10.0. The molecule has 0 aliphatic heterocycles. The minimum Gasteiger partial charge on any atom is -0.462 e. The number of alkyl halides is 3. The summed E-state index contributed by atoms with van der Waals surface area (Å²) in [5.41, 5.74) is -2.50. The molecule has 1 N–H and O–H groups in total. The molecule has 0 radical (unpaired) electrons. The number of halogens is 3. The number of carbonyl (C=O) groups is 1. The highest BCUT2D eigenvalue weighted by Gasteiger charge is 2.40. The SMILES string of the molecule is CCOC(=O)c1c(C(F)(F)F)nc2ccc(Oc3ccccc3)cc2c1NC(C)(C)C. The summed E-state index contributed by atoms with van der Waals surface area (Å²) in [5, 5.41) is 3.36. The number of carbonyl (C=O) groups excluding carboxylic acids is 1. The van der Waals surface area contributed by atoms with E-state index in [2.05, 4.69) is 10.3 Å². The fourth-order valence-electron chi connectivity index (χ4n) is 3.04. The van der Waals surface area contributed by atoms with Crippen molar-refractivity contribution in [1.82, 2.24) is 4.98 Å². The summed E-state index contributed by atoms with van der Waals surface area (Å²) < 4.78 is 52.3. The number of benzene rings is 2. The summed E-state index contributed by atoms with van der Waals surface area (Å²) >= 11 is 0. The smallest absolute Gasteiger partial charge is 0.434 e. The molecule has 3 rings (SSSR count). The van der Waals surface area contributed by atoms with Crippen molar-refractivity contribution >= 4 is 22.6 Å². The van der Waals surface area contributed by atoms with Gasteiger partial charge in [0.15, 0.2) is 5.69 Å². The molecule has 0 unspecified atom stereocenters. The van der Waals surface area contributed by atoms with Gasteiger partial charge in [-0.05, 0) is 58.0 Å². The van der Waals surface area contributed by atoms with Crippen molar-refractivity contribution in [3.05, 3.63) is 59.8 Å². The van der Waals surface area contributed by atoms with Crippen LogP contribution in [0.2, 0.25) is 0 Å². The number of rotatable bonds is 5. The summed E-state index contributed by atoms with van der Waals surface area (Å²) in [4.78, 5) is 16.4. The van der Waals surface area contributed by atoms with Crippen LogP contribution in [0.3, 0.4) is 0 Å². The number of nitrogens with zero attached hydrogens (tertiary/aromatic N) is 1. The van der Waals surface area contributed by atoms with Crippen LogP contribution in [-0.2, 0) is 10.9 Å². The number of para-hydroxylation sites is 1. The van der Waals surface area contributed by atoms with E-state index in [1.165, 1.54) is 19.1 Å². The molecule has 2 aromatic carbocycles. The van der Waals surface area contributed by atoms with Gasteiger partial charge in [-0.1, -0.05) is 18.2 Å². The molecule has 3 aromatic rings. The molecule has 8 heteroatoms. The Morgan fingerprint density at radius 1 is 1.03 bits per heavy atom. The average Bonchev–Trinajstić information content (AvgIpc) is 2.67. The van der Waals surface area contributed by atoms with Gasteiger partial charge in [-0.25, -0.2) is 9.78 Å². The highest BCUT2D eigenvalue weighted by atomic mass is 19.4. The Morgan fingerprint density at radius 3 is 2.29 bits per heavy atom. The second kappa shape index (κ2) is 8.45. The van der Waals surface area contributed by atoms with Crippen LogP contribution in [0, 0.1) is 0 Å². The van der Waals surface area contributed by atoms with Gasteiger partial charge < -0.3 is 14.8 Å². The van der Waals surface area contributed by atoms with Crippen LogP contribution in [0.4, 0.5) is 18.9 Å². The maximum absolute atomic E-state index is 13.8. The molecule has 0 saturated carbocycles. The summed E-state index contributed by atoms with van der Waals surface area (Å²) in [5.74, 6) is -0.130. The standard InChI is InChI=1S/C23H23F3N2O3/c1-5-30-21(29)18-19(28-22(2,3)4)16-13-15(31-14-9-7-6-8-10-14)11-12-17(16)27-20(18)23(24,25)26/h6-13H,5H2,1-4H3,(H,27,28). The maximum Gasteiger partial charge on any atom is 0.434 e. The van der Waals surface area contributed by atoms with Gasteiger partial charge in [-0.3, -0.25) is 0 Å². The van der Waals surface area contributed by atoms with Crippen molar-refractivity contribution < 1.29 is 27.4 Å². The predicted octanol–water partition coefficient (Wildman–Crippen LogP) is 6.43. The zero-order valence-corrected chi connectivity index (χ0v) is 17.6. The van der Waals surface area contributed by atoms with Gasteiger partial charge >= 0.3 is 12.1 Å².